The molecule has 0 aromatic heterocycles. The van der Waals surface area contributed by atoms with Crippen molar-refractivity contribution in [2.24, 2.45) is 0 Å². The van der Waals surface area contributed by atoms with Crippen molar-refractivity contribution in [1.82, 2.24) is 0 Å². The summed E-state index contributed by atoms with van der Waals surface area (Å²) >= 11 is 0. The monoisotopic (exact) mass is 362 g/mol. The van der Waals surface area contributed by atoms with Crippen LogP contribution in [0.1, 0.15) is 71.1 Å². The Morgan fingerprint density at radius 2 is 1.40 bits per heavy atom. The van der Waals surface area contributed by atoms with Gasteiger partial charge in [0.05, 0.1) is 6.61 Å². The van der Waals surface area contributed by atoms with E-state index in [1.54, 1.807) is 0 Å². The van der Waals surface area contributed by atoms with E-state index in [2.05, 4.69) is 6.92 Å². The molecule has 3 N–H and O–H groups in total. The van der Waals surface area contributed by atoms with Gasteiger partial charge in [0.15, 0.2) is 6.29 Å². The van der Waals surface area contributed by atoms with Crippen LogP contribution in [0, 0.1) is 0 Å². The molecule has 6 heteroatoms. The van der Waals surface area contributed by atoms with E-state index in [0.29, 0.717) is 6.61 Å². The van der Waals surface area contributed by atoms with Crippen LogP contribution in [0.5, 0.6) is 0 Å². The lowest BCUT2D eigenvalue weighted by atomic mass is 9.99. The summed E-state index contributed by atoms with van der Waals surface area (Å²) in [5.74, 6) is 0. The van der Waals surface area contributed by atoms with E-state index in [-0.39, 0.29) is 6.61 Å². The van der Waals surface area contributed by atoms with E-state index < -0.39 is 30.7 Å². The quantitative estimate of drug-likeness (QED) is 0.411. The predicted octanol–water partition coefficient (Wildman–Crippen LogP) is 2.38. The number of ether oxygens (including phenoxy) is 3. The Morgan fingerprint density at radius 1 is 0.840 bits per heavy atom. The minimum Gasteiger partial charge on any atom is -0.394 e. The maximum atomic E-state index is 10.2. The van der Waals surface area contributed by atoms with E-state index in [4.69, 9.17) is 14.2 Å². The number of aliphatic hydroxyl groups excluding tert-OH is 3. The van der Waals surface area contributed by atoms with Gasteiger partial charge in [0.25, 0.3) is 0 Å². The maximum absolute atomic E-state index is 10.2. The topological polar surface area (TPSA) is 88.4 Å². The molecule has 25 heavy (non-hydrogen) atoms. The van der Waals surface area contributed by atoms with Gasteiger partial charge in [-0.05, 0) is 6.42 Å². The molecule has 1 aliphatic heterocycles. The van der Waals surface area contributed by atoms with E-state index >= 15 is 0 Å². The lowest BCUT2D eigenvalue weighted by molar-refractivity contribution is -0.301. The zero-order valence-corrected chi connectivity index (χ0v) is 15.9. The Kier molecular flexibility index (Phi) is 12.7. The van der Waals surface area contributed by atoms with Crippen LogP contribution in [-0.4, -0.2) is 66.3 Å². The van der Waals surface area contributed by atoms with Crippen LogP contribution in [-0.2, 0) is 14.2 Å². The summed E-state index contributed by atoms with van der Waals surface area (Å²) in [5, 5.41) is 29.6. The molecule has 1 heterocycles. The first kappa shape index (κ1) is 22.8. The highest BCUT2D eigenvalue weighted by Gasteiger charge is 2.45. The molecular formula is C19H38O6. The molecule has 0 spiro atoms. The van der Waals surface area contributed by atoms with Crippen LogP contribution >= 0.6 is 0 Å². The van der Waals surface area contributed by atoms with Crippen molar-refractivity contribution in [3.63, 3.8) is 0 Å². The van der Waals surface area contributed by atoms with Crippen molar-refractivity contribution in [3.8, 4) is 0 Å². The third-order valence-corrected chi connectivity index (χ3v) is 4.86. The van der Waals surface area contributed by atoms with Gasteiger partial charge in [-0.25, -0.2) is 0 Å². The Balaban J connectivity index is 2.11. The van der Waals surface area contributed by atoms with Crippen LogP contribution in [0.4, 0.5) is 0 Å². The van der Waals surface area contributed by atoms with Gasteiger partial charge < -0.3 is 29.5 Å². The number of rotatable bonds is 14. The number of hydrogen-bond donors (Lipinski definition) is 3. The summed E-state index contributed by atoms with van der Waals surface area (Å²) in [4.78, 5) is 0. The van der Waals surface area contributed by atoms with Crippen molar-refractivity contribution in [2.45, 2.75) is 102 Å². The van der Waals surface area contributed by atoms with Crippen molar-refractivity contribution in [3.05, 3.63) is 0 Å². The SMILES string of the molecule is CCCCCCCCCCCCO[C@H]1[C@@H](O)[C@@H](CO)O[C@H](OC)[C@@H]1O. The average molecular weight is 363 g/mol. The zero-order chi connectivity index (χ0) is 18.5. The Labute approximate surface area is 152 Å². The molecule has 1 aliphatic rings. The average Bonchev–Trinajstić information content (AvgIpc) is 2.62. The molecule has 150 valence electrons. The van der Waals surface area contributed by atoms with Crippen molar-refractivity contribution >= 4 is 0 Å². The minimum atomic E-state index is -1.06. The number of unbranched alkanes of at least 4 members (excludes halogenated alkanes) is 9. The summed E-state index contributed by atoms with van der Waals surface area (Å²) in [7, 11) is 1.42. The second kappa shape index (κ2) is 13.9. The first-order chi connectivity index (χ1) is 12.2. The normalized spacial score (nSPS) is 29.9. The second-order valence-electron chi connectivity index (χ2n) is 6.96. The van der Waals surface area contributed by atoms with Gasteiger partial charge in [-0.15, -0.1) is 0 Å². The van der Waals surface area contributed by atoms with Crippen LogP contribution in [0.15, 0.2) is 0 Å². The van der Waals surface area contributed by atoms with Crippen molar-refractivity contribution in [2.75, 3.05) is 20.3 Å². The molecule has 1 saturated heterocycles. The fourth-order valence-electron chi connectivity index (χ4n) is 3.25. The Bertz CT molecular complexity index is 298. The first-order valence-electron chi connectivity index (χ1n) is 9.92. The van der Waals surface area contributed by atoms with Gasteiger partial charge in [-0.2, -0.15) is 0 Å². The van der Waals surface area contributed by atoms with Crippen LogP contribution in [0.2, 0.25) is 0 Å². The lowest BCUT2D eigenvalue weighted by Crippen LogP contribution is -2.59. The van der Waals surface area contributed by atoms with E-state index in [9.17, 15) is 15.3 Å². The fraction of sp³-hybridized carbons (Fsp3) is 1.00. The predicted molar refractivity (Wildman–Crippen MR) is 96.4 cm³/mol. The molecule has 1 fully saturated rings. The highest BCUT2D eigenvalue weighted by Crippen LogP contribution is 2.24. The molecule has 0 unspecified atom stereocenters. The largest absolute Gasteiger partial charge is 0.394 e. The highest BCUT2D eigenvalue weighted by molar-refractivity contribution is 4.90. The summed E-state index contributed by atoms with van der Waals surface area (Å²) in [6, 6.07) is 0. The number of aliphatic hydroxyl groups is 3. The molecule has 6 nitrogen and oxygen atoms in total. The van der Waals surface area contributed by atoms with Gasteiger partial charge in [0.1, 0.15) is 24.4 Å². The van der Waals surface area contributed by atoms with E-state index in [0.717, 1.165) is 12.8 Å². The molecule has 5 atom stereocenters. The Morgan fingerprint density at radius 3 is 1.92 bits per heavy atom. The van der Waals surface area contributed by atoms with Gasteiger partial charge >= 0.3 is 0 Å². The minimum absolute atomic E-state index is 0.341. The molecule has 0 aromatic carbocycles. The molecule has 0 radical (unpaired) electrons. The molecule has 0 aliphatic carbocycles. The summed E-state index contributed by atoms with van der Waals surface area (Å²) in [6.07, 6.45) is 7.80. The molecular weight excluding hydrogens is 324 g/mol. The summed E-state index contributed by atoms with van der Waals surface area (Å²) in [5.41, 5.74) is 0. The maximum Gasteiger partial charge on any atom is 0.186 e. The van der Waals surface area contributed by atoms with Crippen LogP contribution in [0.3, 0.4) is 0 Å². The van der Waals surface area contributed by atoms with Crippen molar-refractivity contribution < 1.29 is 29.5 Å². The van der Waals surface area contributed by atoms with Gasteiger partial charge in [0.2, 0.25) is 0 Å². The van der Waals surface area contributed by atoms with Gasteiger partial charge in [-0.1, -0.05) is 64.7 Å². The number of methoxy groups -OCH3 is 1. The third-order valence-electron chi connectivity index (χ3n) is 4.86. The first-order valence-corrected chi connectivity index (χ1v) is 9.92. The van der Waals surface area contributed by atoms with E-state index in [1.807, 2.05) is 0 Å². The Hall–Kier alpha value is -0.240. The molecule has 0 saturated carbocycles. The second-order valence-corrected chi connectivity index (χ2v) is 6.96. The molecule has 0 bridgehead atoms. The summed E-state index contributed by atoms with van der Waals surface area (Å²) < 4.78 is 16.0. The summed E-state index contributed by atoms with van der Waals surface area (Å²) in [6.45, 7) is 2.37. The van der Waals surface area contributed by atoms with Gasteiger partial charge in [0, 0.05) is 13.7 Å². The standard InChI is InChI=1S/C19H38O6/c1-3-4-5-6-7-8-9-10-11-12-13-24-18-16(21)15(14-20)25-19(23-2)17(18)22/h15-22H,3-14H2,1-2H3/t15-,16+,17-,18+,19+/m1/s1. The fourth-order valence-corrected chi connectivity index (χ4v) is 3.25. The third kappa shape index (κ3) is 8.33. The lowest BCUT2D eigenvalue weighted by Gasteiger charge is -2.41. The van der Waals surface area contributed by atoms with Crippen LogP contribution < -0.4 is 0 Å². The van der Waals surface area contributed by atoms with E-state index in [1.165, 1.54) is 58.5 Å². The molecule has 0 aromatic rings. The van der Waals surface area contributed by atoms with Crippen LogP contribution in [0.25, 0.3) is 0 Å². The van der Waals surface area contributed by atoms with Gasteiger partial charge in [-0.3, -0.25) is 0 Å². The van der Waals surface area contributed by atoms with Crippen molar-refractivity contribution in [1.29, 1.82) is 0 Å². The molecule has 0 amide bonds. The number of hydrogen-bond acceptors (Lipinski definition) is 6. The zero-order valence-electron chi connectivity index (χ0n) is 15.9. The highest BCUT2D eigenvalue weighted by atomic mass is 16.7. The smallest absolute Gasteiger partial charge is 0.186 e. The molecule has 1 rings (SSSR count).